The number of rotatable bonds is 0. The van der Waals surface area contributed by atoms with Gasteiger partial charge in [0.2, 0.25) is 0 Å². The molecule has 0 bridgehead atoms. The Kier molecular flexibility index (Phi) is 17.4. The van der Waals surface area contributed by atoms with Crippen LogP contribution in [0.15, 0.2) is 0 Å². The van der Waals surface area contributed by atoms with Crippen LogP contribution in [0.1, 0.15) is 0 Å². The minimum atomic E-state index is -0.0694. The van der Waals surface area contributed by atoms with E-state index in [2.05, 4.69) is 0 Å². The summed E-state index contributed by atoms with van der Waals surface area (Å²) >= 11 is 0. The number of nitriles is 1. The average molecular weight is 72.9 g/mol. The van der Waals surface area contributed by atoms with Crippen molar-refractivity contribution in [1.82, 2.24) is 6.15 Å². The van der Waals surface area contributed by atoms with Crippen molar-refractivity contribution in [3.05, 3.63) is 0 Å². The summed E-state index contributed by atoms with van der Waals surface area (Å²) in [6.45, 7) is 0. The topological polar surface area (TPSA) is 58.8 Å². The van der Waals surface area contributed by atoms with Crippen LogP contribution >= 0.6 is 0 Å². The van der Waals surface area contributed by atoms with E-state index in [1.165, 1.54) is 0 Å². The highest BCUT2D eigenvalue weighted by Gasteiger charge is 1.67. The summed E-state index contributed by atoms with van der Waals surface area (Å²) in [5, 5.41) is 7.19. The van der Waals surface area contributed by atoms with Crippen molar-refractivity contribution in [2.75, 3.05) is 0 Å². The summed E-state index contributed by atoms with van der Waals surface area (Å²) in [5.74, 6) is 1.14. The van der Waals surface area contributed by atoms with Crippen molar-refractivity contribution < 1.29 is 4.32 Å². The van der Waals surface area contributed by atoms with Crippen LogP contribution in [0.3, 0.4) is 0 Å². The van der Waals surface area contributed by atoms with Gasteiger partial charge in [0.25, 0.3) is 0 Å². The van der Waals surface area contributed by atoms with Gasteiger partial charge in [0.1, 0.15) is 0 Å². The lowest BCUT2D eigenvalue weighted by Crippen LogP contribution is -1.60. The Morgan fingerprint density at radius 1 is 1.80 bits per heavy atom. The molecule has 0 aliphatic rings. The molecule has 5 heavy (non-hydrogen) atoms. The molecule has 2 nitrogen and oxygen atoms in total. The maximum atomic E-state index is 10.2. The molecule has 0 spiro atoms. The first-order valence-corrected chi connectivity index (χ1v) is 0.730. The van der Waals surface area contributed by atoms with Gasteiger partial charge in [0.15, 0.2) is 0 Å². The molecule has 0 saturated heterocycles. The fraction of sp³-hybridized carbons (Fsp3) is 0. The molecule has 4 heteroatoms. The van der Waals surface area contributed by atoms with Gasteiger partial charge in [0, 0.05) is 5.97 Å². The second-order valence-electron chi connectivity index (χ2n) is 0.238. The fourth-order valence-electron chi connectivity index (χ4n) is 0. The van der Waals surface area contributed by atoms with Crippen molar-refractivity contribution in [1.29, 1.82) is 5.26 Å². The van der Waals surface area contributed by atoms with E-state index in [0.717, 1.165) is 5.97 Å². The Balaban J connectivity index is 0. The molecular formula is CH3BFN2. The highest BCUT2D eigenvalue weighted by Crippen LogP contribution is 1.44. The SMILES string of the molecule is N.N#C[B]F. The van der Waals surface area contributed by atoms with Gasteiger partial charge in [-0.25, -0.2) is 5.26 Å². The molecule has 0 rings (SSSR count). The zero-order valence-corrected chi connectivity index (χ0v) is 2.61. The zero-order chi connectivity index (χ0) is 3.41. The summed E-state index contributed by atoms with van der Waals surface area (Å²) < 4.78 is 10.2. The Labute approximate surface area is 30.5 Å². The third kappa shape index (κ3) is 36.3. The van der Waals surface area contributed by atoms with E-state index in [-0.39, 0.29) is 13.7 Å². The first-order valence-electron chi connectivity index (χ1n) is 0.730. The van der Waals surface area contributed by atoms with Crippen molar-refractivity contribution in [2.45, 2.75) is 0 Å². The molecule has 0 amide bonds. The maximum absolute atomic E-state index is 10.2. The minimum absolute atomic E-state index is 0. The Bertz CT molecular complexity index is 39.4. The predicted molar refractivity (Wildman–Crippen MR) is 17.5 cm³/mol. The minimum Gasteiger partial charge on any atom is -0.344 e. The number of hydrogen-bond acceptors (Lipinski definition) is 2. The first kappa shape index (κ1) is 8.82. The molecule has 27 valence electrons. The highest BCUT2D eigenvalue weighted by atomic mass is 19.1. The smallest absolute Gasteiger partial charge is 0.344 e. The van der Waals surface area contributed by atoms with Crippen molar-refractivity contribution >= 4 is 7.56 Å². The number of halogens is 1. The Morgan fingerprint density at radius 3 is 2.00 bits per heavy atom. The standard InChI is InChI=1S/CBFN.H3N/c3-2-1-4;/h;1H3. The van der Waals surface area contributed by atoms with Crippen molar-refractivity contribution in [2.24, 2.45) is 0 Å². The summed E-state index contributed by atoms with van der Waals surface area (Å²) in [6, 6.07) is 0. The van der Waals surface area contributed by atoms with E-state index in [9.17, 15) is 4.32 Å². The Hall–Kier alpha value is -0.555. The van der Waals surface area contributed by atoms with Gasteiger partial charge < -0.3 is 10.5 Å². The lowest BCUT2D eigenvalue weighted by Gasteiger charge is -1.36. The third-order valence-corrected chi connectivity index (χ3v) is 0.0488. The molecule has 0 saturated carbocycles. The van der Waals surface area contributed by atoms with Crippen LogP contribution < -0.4 is 6.15 Å². The van der Waals surface area contributed by atoms with Crippen LogP contribution in [0, 0.1) is 11.2 Å². The second-order valence-corrected chi connectivity index (χ2v) is 0.238. The molecule has 0 unspecified atom stereocenters. The van der Waals surface area contributed by atoms with E-state index in [4.69, 9.17) is 5.26 Å². The van der Waals surface area contributed by atoms with Crippen LogP contribution in [0.5, 0.6) is 0 Å². The molecule has 0 aliphatic heterocycles. The summed E-state index contributed by atoms with van der Waals surface area (Å²) in [4.78, 5) is 0. The fourth-order valence-corrected chi connectivity index (χ4v) is 0. The van der Waals surface area contributed by atoms with Gasteiger partial charge in [-0.2, -0.15) is 0 Å². The van der Waals surface area contributed by atoms with Crippen LogP contribution in [0.4, 0.5) is 4.32 Å². The van der Waals surface area contributed by atoms with Crippen molar-refractivity contribution in [3.8, 4) is 5.97 Å². The molecule has 0 heterocycles. The van der Waals surface area contributed by atoms with Crippen LogP contribution in [-0.4, -0.2) is 7.56 Å². The van der Waals surface area contributed by atoms with Gasteiger partial charge in [-0.3, -0.25) is 0 Å². The molecule has 0 fully saturated rings. The predicted octanol–water partition coefficient (Wildman–Crippen LogP) is 0.218. The lowest BCUT2D eigenvalue weighted by atomic mass is 10.1. The average Bonchev–Trinajstić information content (AvgIpc) is 1.37. The number of hydrogen-bond donors (Lipinski definition) is 1. The van der Waals surface area contributed by atoms with Crippen LogP contribution in [-0.2, 0) is 0 Å². The normalized spacial score (nSPS) is 3.20. The van der Waals surface area contributed by atoms with E-state index in [1.807, 2.05) is 0 Å². The molecular weight excluding hydrogens is 69.8 g/mol. The second kappa shape index (κ2) is 9.86. The molecule has 0 aromatic carbocycles. The summed E-state index contributed by atoms with van der Waals surface area (Å²) in [6.07, 6.45) is 0. The van der Waals surface area contributed by atoms with Crippen molar-refractivity contribution in [3.63, 3.8) is 0 Å². The maximum Gasteiger partial charge on any atom is 0.483 e. The van der Waals surface area contributed by atoms with Gasteiger partial charge in [-0.1, -0.05) is 0 Å². The van der Waals surface area contributed by atoms with Gasteiger partial charge in [-0.15, -0.1) is 0 Å². The molecule has 0 aliphatic carbocycles. The first-order chi connectivity index (χ1) is 1.91. The van der Waals surface area contributed by atoms with E-state index in [1.54, 1.807) is 0 Å². The highest BCUT2D eigenvalue weighted by molar-refractivity contribution is 6.36. The van der Waals surface area contributed by atoms with E-state index >= 15 is 0 Å². The van der Waals surface area contributed by atoms with Gasteiger partial charge in [-0.05, 0) is 0 Å². The van der Waals surface area contributed by atoms with E-state index < -0.39 is 0 Å². The zero-order valence-electron chi connectivity index (χ0n) is 2.61. The lowest BCUT2D eigenvalue weighted by molar-refractivity contribution is 0.885. The quantitative estimate of drug-likeness (QED) is 0.417. The third-order valence-electron chi connectivity index (χ3n) is 0.0488. The Morgan fingerprint density at radius 2 is 2.00 bits per heavy atom. The molecule has 0 aromatic heterocycles. The summed E-state index contributed by atoms with van der Waals surface area (Å²) in [7, 11) is -0.0694. The number of nitrogens with zero attached hydrogens (tertiary/aromatic N) is 1. The molecule has 0 atom stereocenters. The largest absolute Gasteiger partial charge is 0.483 e. The van der Waals surface area contributed by atoms with Crippen LogP contribution in [0.25, 0.3) is 0 Å². The molecule has 0 aromatic rings. The summed E-state index contributed by atoms with van der Waals surface area (Å²) in [5.41, 5.74) is 0. The van der Waals surface area contributed by atoms with Crippen LogP contribution in [0.2, 0.25) is 0 Å². The van der Waals surface area contributed by atoms with Gasteiger partial charge >= 0.3 is 7.56 Å². The van der Waals surface area contributed by atoms with E-state index in [0.29, 0.717) is 0 Å². The van der Waals surface area contributed by atoms with Gasteiger partial charge in [0.05, 0.1) is 0 Å². The monoisotopic (exact) mass is 73.0 g/mol. The molecule has 1 radical (unpaired) electrons. The molecule has 3 N–H and O–H groups in total.